The minimum atomic E-state index is -1.04. The third kappa shape index (κ3) is 7.57. The van der Waals surface area contributed by atoms with Crippen LogP contribution in [-0.4, -0.2) is 56.5 Å². The van der Waals surface area contributed by atoms with E-state index < -0.39 is 35.7 Å². The first-order valence-electron chi connectivity index (χ1n) is 9.97. The van der Waals surface area contributed by atoms with E-state index in [0.717, 1.165) is 16.3 Å². The lowest BCUT2D eigenvalue weighted by atomic mass is 10.0. The number of fused-ring (bicyclic) bond motifs is 1. The Morgan fingerprint density at radius 2 is 1.61 bits per heavy atom. The lowest BCUT2D eigenvalue weighted by Gasteiger charge is -2.24. The summed E-state index contributed by atoms with van der Waals surface area (Å²) in [5.74, 6) is -1.17. The van der Waals surface area contributed by atoms with E-state index in [0.29, 0.717) is 0 Å². The number of carbonyl (C=O) groups is 3. The fourth-order valence-electron chi connectivity index (χ4n) is 3.01. The van der Waals surface area contributed by atoms with Crippen molar-refractivity contribution in [3.05, 3.63) is 48.0 Å². The molecule has 2 aromatic rings. The molecular weight excluding hydrogens is 400 g/mol. The van der Waals surface area contributed by atoms with Crippen LogP contribution in [0, 0.1) is 0 Å². The van der Waals surface area contributed by atoms with Gasteiger partial charge in [-0.05, 0) is 37.1 Å². The van der Waals surface area contributed by atoms with Gasteiger partial charge in [-0.1, -0.05) is 42.5 Å². The minimum absolute atomic E-state index is 0.0883. The monoisotopic (exact) mass is 430 g/mol. The van der Waals surface area contributed by atoms with Crippen LogP contribution >= 0.6 is 0 Å². The smallest absolute Gasteiger partial charge is 0.408 e. The van der Waals surface area contributed by atoms with Gasteiger partial charge in [0.1, 0.15) is 17.7 Å². The molecule has 0 unspecified atom stereocenters. The number of amides is 2. The van der Waals surface area contributed by atoms with Crippen molar-refractivity contribution < 1.29 is 28.6 Å². The molecule has 0 aromatic heterocycles. The Morgan fingerprint density at radius 1 is 0.935 bits per heavy atom. The molecular formula is C23H30N2O6. The summed E-state index contributed by atoms with van der Waals surface area (Å²) in [7, 11) is 2.66. The van der Waals surface area contributed by atoms with Gasteiger partial charge in [0.25, 0.3) is 0 Å². The van der Waals surface area contributed by atoms with Crippen molar-refractivity contribution >= 4 is 28.7 Å². The van der Waals surface area contributed by atoms with E-state index in [1.54, 1.807) is 20.8 Å². The van der Waals surface area contributed by atoms with Gasteiger partial charge in [-0.3, -0.25) is 4.79 Å². The molecule has 0 aliphatic carbocycles. The van der Waals surface area contributed by atoms with Crippen molar-refractivity contribution in [1.82, 2.24) is 10.6 Å². The first-order valence-corrected chi connectivity index (χ1v) is 9.97. The molecule has 168 valence electrons. The third-order valence-corrected chi connectivity index (χ3v) is 4.40. The molecule has 0 aliphatic rings. The summed E-state index contributed by atoms with van der Waals surface area (Å²) in [5, 5.41) is 7.23. The van der Waals surface area contributed by atoms with Crippen LogP contribution in [0.2, 0.25) is 0 Å². The molecule has 0 aliphatic heterocycles. The van der Waals surface area contributed by atoms with Gasteiger partial charge in [0, 0.05) is 13.5 Å². The predicted molar refractivity (Wildman–Crippen MR) is 117 cm³/mol. The van der Waals surface area contributed by atoms with E-state index in [1.807, 2.05) is 42.5 Å². The summed E-state index contributed by atoms with van der Waals surface area (Å²) in [4.78, 5) is 37.2. The molecule has 8 heteroatoms. The highest BCUT2D eigenvalue weighted by Crippen LogP contribution is 2.17. The van der Waals surface area contributed by atoms with Crippen LogP contribution < -0.4 is 10.6 Å². The molecule has 8 nitrogen and oxygen atoms in total. The van der Waals surface area contributed by atoms with Gasteiger partial charge in [0.15, 0.2) is 0 Å². The predicted octanol–water partition coefficient (Wildman–Crippen LogP) is 2.58. The second-order valence-electron chi connectivity index (χ2n) is 8.12. The molecule has 0 bridgehead atoms. The lowest BCUT2D eigenvalue weighted by molar-refractivity contribution is -0.145. The summed E-state index contributed by atoms with van der Waals surface area (Å²) in [6.45, 7) is 5.06. The van der Waals surface area contributed by atoms with Crippen molar-refractivity contribution in [3.63, 3.8) is 0 Å². The Hall–Kier alpha value is -3.13. The molecule has 0 radical (unpaired) electrons. The van der Waals surface area contributed by atoms with Crippen molar-refractivity contribution in [2.24, 2.45) is 0 Å². The van der Waals surface area contributed by atoms with Crippen molar-refractivity contribution in [3.8, 4) is 0 Å². The number of rotatable bonds is 8. The maximum atomic E-state index is 12.8. The average Bonchev–Trinajstić information content (AvgIpc) is 2.70. The van der Waals surface area contributed by atoms with Gasteiger partial charge in [-0.15, -0.1) is 0 Å². The van der Waals surface area contributed by atoms with Gasteiger partial charge in [-0.2, -0.15) is 0 Å². The number of esters is 1. The normalized spacial score (nSPS) is 13.2. The third-order valence-electron chi connectivity index (χ3n) is 4.40. The van der Waals surface area contributed by atoms with Crippen LogP contribution in [-0.2, 0) is 30.2 Å². The van der Waals surface area contributed by atoms with Gasteiger partial charge in [-0.25, -0.2) is 9.59 Å². The summed E-state index contributed by atoms with van der Waals surface area (Å²) < 4.78 is 15.1. The Labute approximate surface area is 182 Å². The SMILES string of the molecule is COC[C@H](NC(=O)OC(C)(C)C)C(=O)N[C@@H](Cc1ccc2ccccc2c1)C(=O)OC. The van der Waals surface area contributed by atoms with Crippen molar-refractivity contribution in [1.29, 1.82) is 0 Å². The highest BCUT2D eigenvalue weighted by molar-refractivity contribution is 5.90. The van der Waals surface area contributed by atoms with Crippen LogP contribution in [0.1, 0.15) is 26.3 Å². The van der Waals surface area contributed by atoms with Crippen LogP contribution in [0.3, 0.4) is 0 Å². The second kappa shape index (κ2) is 10.8. The number of hydrogen-bond donors (Lipinski definition) is 2. The summed E-state index contributed by atoms with van der Waals surface area (Å²) in [6.07, 6.45) is -0.524. The fraction of sp³-hybridized carbons (Fsp3) is 0.435. The van der Waals surface area contributed by atoms with E-state index in [4.69, 9.17) is 14.2 Å². The minimum Gasteiger partial charge on any atom is -0.467 e. The summed E-state index contributed by atoms with van der Waals surface area (Å²) in [6, 6.07) is 11.7. The number of ether oxygens (including phenoxy) is 3. The van der Waals surface area contributed by atoms with Gasteiger partial charge in [0.2, 0.25) is 5.91 Å². The molecule has 0 saturated carbocycles. The van der Waals surface area contributed by atoms with Crippen molar-refractivity contribution in [2.75, 3.05) is 20.8 Å². The maximum Gasteiger partial charge on any atom is 0.408 e. The zero-order valence-electron chi connectivity index (χ0n) is 18.6. The number of hydrogen-bond acceptors (Lipinski definition) is 6. The zero-order chi connectivity index (χ0) is 23.0. The molecule has 0 fully saturated rings. The first-order chi connectivity index (χ1) is 14.6. The Morgan fingerprint density at radius 3 is 2.23 bits per heavy atom. The lowest BCUT2D eigenvalue weighted by Crippen LogP contribution is -2.54. The highest BCUT2D eigenvalue weighted by atomic mass is 16.6. The van der Waals surface area contributed by atoms with Crippen molar-refractivity contribution in [2.45, 2.75) is 44.9 Å². The Kier molecular flexibility index (Phi) is 8.38. The van der Waals surface area contributed by atoms with Crippen LogP contribution in [0.25, 0.3) is 10.8 Å². The Bertz CT molecular complexity index is 922. The molecule has 0 saturated heterocycles. The van der Waals surface area contributed by atoms with E-state index in [9.17, 15) is 14.4 Å². The fourth-order valence-corrected chi connectivity index (χ4v) is 3.01. The second-order valence-corrected chi connectivity index (χ2v) is 8.12. The number of methoxy groups -OCH3 is 2. The first kappa shape index (κ1) is 24.1. The van der Waals surface area contributed by atoms with E-state index >= 15 is 0 Å². The average molecular weight is 431 g/mol. The standard InChI is InChI=1S/C23H30N2O6/c1-23(2,3)31-22(28)25-19(14-29-4)20(26)24-18(21(27)30-5)13-15-10-11-16-8-6-7-9-17(16)12-15/h6-12,18-19H,13-14H2,1-5H3,(H,24,26)(H,25,28)/t18-,19-/m0/s1. The molecule has 2 aromatic carbocycles. The number of nitrogens with one attached hydrogen (secondary N) is 2. The zero-order valence-corrected chi connectivity index (χ0v) is 18.6. The Balaban J connectivity index is 2.13. The van der Waals surface area contributed by atoms with Crippen LogP contribution in [0.5, 0.6) is 0 Å². The molecule has 2 amide bonds. The van der Waals surface area contributed by atoms with Crippen LogP contribution in [0.4, 0.5) is 4.79 Å². The number of alkyl carbamates (subject to hydrolysis) is 1. The van der Waals surface area contributed by atoms with E-state index in [-0.39, 0.29) is 13.0 Å². The van der Waals surface area contributed by atoms with E-state index in [1.165, 1.54) is 14.2 Å². The molecule has 0 spiro atoms. The number of carbonyl (C=O) groups excluding carboxylic acids is 3. The van der Waals surface area contributed by atoms with E-state index in [2.05, 4.69) is 10.6 Å². The highest BCUT2D eigenvalue weighted by Gasteiger charge is 2.29. The van der Waals surface area contributed by atoms with Crippen LogP contribution in [0.15, 0.2) is 42.5 Å². The number of benzene rings is 2. The summed E-state index contributed by atoms with van der Waals surface area (Å²) in [5.41, 5.74) is 0.140. The summed E-state index contributed by atoms with van der Waals surface area (Å²) >= 11 is 0. The molecule has 0 heterocycles. The maximum absolute atomic E-state index is 12.8. The molecule has 2 atom stereocenters. The largest absolute Gasteiger partial charge is 0.467 e. The molecule has 2 N–H and O–H groups in total. The quantitative estimate of drug-likeness (QED) is 0.624. The molecule has 2 rings (SSSR count). The van der Waals surface area contributed by atoms with Gasteiger partial charge >= 0.3 is 12.1 Å². The van der Waals surface area contributed by atoms with Gasteiger partial charge < -0.3 is 24.8 Å². The van der Waals surface area contributed by atoms with Gasteiger partial charge in [0.05, 0.1) is 13.7 Å². The topological polar surface area (TPSA) is 103 Å². The molecule has 31 heavy (non-hydrogen) atoms.